The van der Waals surface area contributed by atoms with Gasteiger partial charge in [-0.3, -0.25) is 4.79 Å². The highest BCUT2D eigenvalue weighted by Crippen LogP contribution is 2.35. The largest absolute Gasteiger partial charge is 0.481 e. The minimum Gasteiger partial charge on any atom is -0.481 e. The van der Waals surface area contributed by atoms with Crippen molar-refractivity contribution in [2.45, 2.75) is 13.3 Å². The molecular weight excluding hydrogens is 333 g/mol. The van der Waals surface area contributed by atoms with Crippen LogP contribution in [-0.2, 0) is 11.2 Å². The lowest BCUT2D eigenvalue weighted by atomic mass is 10.0. The van der Waals surface area contributed by atoms with Crippen molar-refractivity contribution in [2.24, 2.45) is 0 Å². The maximum atomic E-state index is 13.0. The van der Waals surface area contributed by atoms with E-state index in [9.17, 15) is 9.18 Å². The summed E-state index contributed by atoms with van der Waals surface area (Å²) in [5, 5.41) is 13.3. The zero-order valence-electron chi connectivity index (χ0n) is 12.7. The van der Waals surface area contributed by atoms with Crippen molar-refractivity contribution in [1.82, 2.24) is 5.16 Å². The molecule has 0 aliphatic heterocycles. The molecule has 6 heteroatoms. The minimum atomic E-state index is -0.921. The summed E-state index contributed by atoms with van der Waals surface area (Å²) in [6.07, 6.45) is -0.0986. The number of aliphatic carboxylic acids is 1. The van der Waals surface area contributed by atoms with E-state index in [4.69, 9.17) is 21.2 Å². The second-order valence-electron chi connectivity index (χ2n) is 5.38. The molecule has 0 bridgehead atoms. The fraction of sp³-hybridized carbons (Fsp3) is 0.111. The fourth-order valence-corrected chi connectivity index (χ4v) is 2.79. The Balaban J connectivity index is 1.99. The standard InChI is InChI=1S/C18H13ClFNO3/c1-10-17(14-7-2-11(8-15(14)19)9-16(22)23)21-24-18(10)12-3-5-13(20)6-4-12/h2-8H,9H2,1H3,(H,22,23). The van der Waals surface area contributed by atoms with Gasteiger partial charge in [0.2, 0.25) is 0 Å². The average molecular weight is 346 g/mol. The van der Waals surface area contributed by atoms with E-state index in [1.54, 1.807) is 30.3 Å². The van der Waals surface area contributed by atoms with Crippen molar-refractivity contribution in [1.29, 1.82) is 0 Å². The molecule has 2 aromatic carbocycles. The van der Waals surface area contributed by atoms with E-state index in [1.165, 1.54) is 12.1 Å². The lowest BCUT2D eigenvalue weighted by Crippen LogP contribution is -2.00. The monoisotopic (exact) mass is 345 g/mol. The van der Waals surface area contributed by atoms with Gasteiger partial charge in [-0.2, -0.15) is 0 Å². The second-order valence-corrected chi connectivity index (χ2v) is 5.78. The van der Waals surface area contributed by atoms with Gasteiger partial charge >= 0.3 is 5.97 Å². The van der Waals surface area contributed by atoms with Gasteiger partial charge in [-0.1, -0.05) is 28.9 Å². The molecular formula is C18H13ClFNO3. The number of hydrogen-bond acceptors (Lipinski definition) is 3. The van der Waals surface area contributed by atoms with Crippen molar-refractivity contribution < 1.29 is 18.8 Å². The van der Waals surface area contributed by atoms with Gasteiger partial charge in [0.1, 0.15) is 11.5 Å². The smallest absolute Gasteiger partial charge is 0.307 e. The molecule has 0 saturated carbocycles. The number of rotatable bonds is 4. The Labute approximate surface area is 142 Å². The first kappa shape index (κ1) is 16.2. The molecule has 0 amide bonds. The third-order valence-corrected chi connectivity index (χ3v) is 3.99. The molecule has 0 atom stereocenters. The van der Waals surface area contributed by atoms with E-state index in [2.05, 4.69) is 5.16 Å². The van der Waals surface area contributed by atoms with Crippen molar-refractivity contribution in [3.05, 3.63) is 64.4 Å². The van der Waals surface area contributed by atoms with Gasteiger partial charge in [0.25, 0.3) is 0 Å². The van der Waals surface area contributed by atoms with Gasteiger partial charge < -0.3 is 9.63 Å². The molecule has 0 saturated heterocycles. The van der Waals surface area contributed by atoms with Gasteiger partial charge in [0.15, 0.2) is 5.76 Å². The Morgan fingerprint density at radius 2 is 1.96 bits per heavy atom. The molecule has 0 aliphatic carbocycles. The third-order valence-electron chi connectivity index (χ3n) is 3.67. The molecule has 3 aromatic rings. The first-order chi connectivity index (χ1) is 11.5. The molecule has 3 rings (SSSR count). The summed E-state index contributed by atoms with van der Waals surface area (Å²) in [6.45, 7) is 1.84. The zero-order valence-corrected chi connectivity index (χ0v) is 13.5. The van der Waals surface area contributed by atoms with Gasteiger partial charge in [-0.05, 0) is 42.8 Å². The van der Waals surface area contributed by atoms with Crippen LogP contribution in [0.2, 0.25) is 5.02 Å². The van der Waals surface area contributed by atoms with Crippen LogP contribution in [0.1, 0.15) is 11.1 Å². The van der Waals surface area contributed by atoms with E-state index >= 15 is 0 Å². The summed E-state index contributed by atoms with van der Waals surface area (Å²) in [5.74, 6) is -0.709. The Bertz CT molecular complexity index is 903. The normalized spacial score (nSPS) is 10.8. The molecule has 0 radical (unpaired) electrons. The number of hydrogen-bond donors (Lipinski definition) is 1. The summed E-state index contributed by atoms with van der Waals surface area (Å²) in [4.78, 5) is 10.8. The molecule has 24 heavy (non-hydrogen) atoms. The molecule has 0 aliphatic rings. The van der Waals surface area contributed by atoms with Gasteiger partial charge in [-0.25, -0.2) is 4.39 Å². The summed E-state index contributed by atoms with van der Waals surface area (Å²) in [6, 6.07) is 11.0. The average Bonchev–Trinajstić information content (AvgIpc) is 2.89. The van der Waals surface area contributed by atoms with Crippen molar-refractivity contribution >= 4 is 17.6 Å². The Hall–Kier alpha value is -2.66. The lowest BCUT2D eigenvalue weighted by Gasteiger charge is -2.04. The molecule has 0 unspecified atom stereocenters. The van der Waals surface area contributed by atoms with Crippen molar-refractivity contribution in [2.75, 3.05) is 0 Å². The predicted octanol–water partition coefficient (Wildman–Crippen LogP) is 4.74. The number of aromatic nitrogens is 1. The molecule has 4 nitrogen and oxygen atoms in total. The van der Waals surface area contributed by atoms with Crippen LogP contribution < -0.4 is 0 Å². The van der Waals surface area contributed by atoms with E-state index in [-0.39, 0.29) is 12.2 Å². The number of carboxylic acids is 1. The summed E-state index contributed by atoms with van der Waals surface area (Å²) in [5.41, 5.74) is 3.32. The van der Waals surface area contributed by atoms with Crippen LogP contribution in [-0.4, -0.2) is 16.2 Å². The maximum Gasteiger partial charge on any atom is 0.307 e. The van der Waals surface area contributed by atoms with Gasteiger partial charge in [0.05, 0.1) is 11.4 Å². The quantitative estimate of drug-likeness (QED) is 0.742. The molecule has 0 spiro atoms. The summed E-state index contributed by atoms with van der Waals surface area (Å²) >= 11 is 6.27. The fourth-order valence-electron chi connectivity index (χ4n) is 2.49. The van der Waals surface area contributed by atoms with Crippen LogP contribution in [0.3, 0.4) is 0 Å². The van der Waals surface area contributed by atoms with Crippen LogP contribution in [0.15, 0.2) is 47.0 Å². The van der Waals surface area contributed by atoms with E-state index in [0.717, 1.165) is 5.56 Å². The topological polar surface area (TPSA) is 63.3 Å². The molecule has 122 valence electrons. The highest BCUT2D eigenvalue weighted by molar-refractivity contribution is 6.33. The zero-order chi connectivity index (χ0) is 17.3. The number of nitrogens with zero attached hydrogens (tertiary/aromatic N) is 1. The minimum absolute atomic E-state index is 0.0986. The van der Waals surface area contributed by atoms with Gasteiger partial charge in [-0.15, -0.1) is 0 Å². The molecule has 1 heterocycles. The van der Waals surface area contributed by atoms with Crippen LogP contribution in [0.4, 0.5) is 4.39 Å². The molecule has 1 N–H and O–H groups in total. The first-order valence-electron chi connectivity index (χ1n) is 7.18. The molecule has 1 aromatic heterocycles. The van der Waals surface area contributed by atoms with Crippen LogP contribution in [0, 0.1) is 12.7 Å². The van der Waals surface area contributed by atoms with Crippen LogP contribution in [0.25, 0.3) is 22.6 Å². The Kier molecular flexibility index (Phi) is 4.36. The second kappa shape index (κ2) is 6.45. The number of halogens is 2. The number of carboxylic acid groups (broad SMARTS) is 1. The summed E-state index contributed by atoms with van der Waals surface area (Å²) in [7, 11) is 0. The van der Waals surface area contributed by atoms with Gasteiger partial charge in [0, 0.05) is 16.7 Å². The maximum absolute atomic E-state index is 13.0. The van der Waals surface area contributed by atoms with Crippen LogP contribution in [0.5, 0.6) is 0 Å². The van der Waals surface area contributed by atoms with E-state index in [0.29, 0.717) is 33.2 Å². The lowest BCUT2D eigenvalue weighted by molar-refractivity contribution is -0.136. The Morgan fingerprint density at radius 1 is 1.25 bits per heavy atom. The SMILES string of the molecule is Cc1c(-c2ccc(CC(=O)O)cc2Cl)noc1-c1ccc(F)cc1. The highest BCUT2D eigenvalue weighted by Gasteiger charge is 2.18. The third kappa shape index (κ3) is 3.16. The Morgan fingerprint density at radius 3 is 2.58 bits per heavy atom. The highest BCUT2D eigenvalue weighted by atomic mass is 35.5. The first-order valence-corrected chi connectivity index (χ1v) is 7.56. The van der Waals surface area contributed by atoms with Crippen molar-refractivity contribution in [3.8, 4) is 22.6 Å². The van der Waals surface area contributed by atoms with E-state index in [1.807, 2.05) is 6.92 Å². The van der Waals surface area contributed by atoms with Crippen LogP contribution >= 0.6 is 11.6 Å². The number of benzene rings is 2. The van der Waals surface area contributed by atoms with Crippen molar-refractivity contribution in [3.63, 3.8) is 0 Å². The summed E-state index contributed by atoms with van der Waals surface area (Å²) < 4.78 is 18.4. The number of carbonyl (C=O) groups is 1. The predicted molar refractivity (Wildman–Crippen MR) is 88.4 cm³/mol. The molecule has 0 fully saturated rings. The van der Waals surface area contributed by atoms with E-state index < -0.39 is 5.97 Å².